The van der Waals surface area contributed by atoms with Crippen molar-refractivity contribution in [2.24, 2.45) is 0 Å². The number of aromatic nitrogens is 1. The number of aryl methyl sites for hydroxylation is 1. The zero-order valence-electron chi connectivity index (χ0n) is 22.5. The van der Waals surface area contributed by atoms with E-state index in [1.54, 1.807) is 12.1 Å². The van der Waals surface area contributed by atoms with E-state index in [0.717, 1.165) is 35.5 Å². The highest BCUT2D eigenvalue weighted by Gasteiger charge is 2.52. The normalized spacial score (nSPS) is 16.6. The van der Waals surface area contributed by atoms with Crippen LogP contribution in [0.25, 0.3) is 11.0 Å². The van der Waals surface area contributed by atoms with Gasteiger partial charge in [-0.1, -0.05) is 0 Å². The third-order valence-electron chi connectivity index (χ3n) is 8.05. The number of fused-ring (bicyclic) bond motifs is 1. The first-order valence-electron chi connectivity index (χ1n) is 13.4. The average molecular weight is 529 g/mol. The summed E-state index contributed by atoms with van der Waals surface area (Å²) in [6, 6.07) is 11.0. The molecule has 2 aromatic heterocycles. The predicted octanol–water partition coefficient (Wildman–Crippen LogP) is 3.35. The molecule has 2 aliphatic heterocycles. The highest BCUT2D eigenvalue weighted by atomic mass is 16.4. The molecule has 1 aromatic carbocycles. The summed E-state index contributed by atoms with van der Waals surface area (Å²) in [7, 11) is 0. The molecule has 2 fully saturated rings. The number of nitrogens with zero attached hydrogens (tertiary/aromatic N) is 5. The molecule has 202 valence electrons. The molecule has 1 spiro atoms. The van der Waals surface area contributed by atoms with Gasteiger partial charge in [0.15, 0.2) is 0 Å². The van der Waals surface area contributed by atoms with E-state index in [0.29, 0.717) is 42.6 Å². The molecule has 0 unspecified atom stereocenters. The van der Waals surface area contributed by atoms with E-state index >= 15 is 0 Å². The molecule has 1 N–H and O–H groups in total. The molecule has 10 nitrogen and oxygen atoms in total. The largest absolute Gasteiger partial charge is 0.422 e. The van der Waals surface area contributed by atoms with Crippen LogP contribution in [0.15, 0.2) is 45.7 Å². The number of carbonyl (C=O) groups excluding carboxylic acids is 2. The van der Waals surface area contributed by atoms with Crippen molar-refractivity contribution in [1.29, 1.82) is 5.26 Å². The summed E-state index contributed by atoms with van der Waals surface area (Å²) in [4.78, 5) is 49.0. The summed E-state index contributed by atoms with van der Waals surface area (Å²) >= 11 is 0. The molecule has 0 atom stereocenters. The Balaban J connectivity index is 1.28. The van der Waals surface area contributed by atoms with Gasteiger partial charge in [-0.25, -0.2) is 14.6 Å². The number of nitriles is 1. The lowest BCUT2D eigenvalue weighted by Gasteiger charge is -2.37. The molecule has 0 bridgehead atoms. The van der Waals surface area contributed by atoms with Crippen LogP contribution in [0.4, 0.5) is 16.3 Å². The molecular formula is C29H32N6O4. The second-order valence-electron chi connectivity index (χ2n) is 10.1. The van der Waals surface area contributed by atoms with Crippen molar-refractivity contribution < 1.29 is 14.0 Å². The number of hydrogen-bond donors (Lipinski definition) is 1. The summed E-state index contributed by atoms with van der Waals surface area (Å²) in [6.45, 7) is 8.92. The van der Waals surface area contributed by atoms with Crippen LogP contribution in [-0.4, -0.2) is 60.1 Å². The van der Waals surface area contributed by atoms with Crippen molar-refractivity contribution >= 4 is 34.4 Å². The lowest BCUT2D eigenvalue weighted by Crippen LogP contribution is -2.55. The first-order chi connectivity index (χ1) is 18.8. The number of amides is 3. The topological polar surface area (TPSA) is 123 Å². The number of piperidine rings is 1. The number of pyridine rings is 1. The summed E-state index contributed by atoms with van der Waals surface area (Å²) in [5.74, 6) is 0.479. The third kappa shape index (κ3) is 4.69. The smallest absolute Gasteiger partial charge is 0.339 e. The Morgan fingerprint density at radius 2 is 1.87 bits per heavy atom. The van der Waals surface area contributed by atoms with E-state index in [2.05, 4.69) is 35.1 Å². The molecule has 0 radical (unpaired) electrons. The van der Waals surface area contributed by atoms with Crippen molar-refractivity contribution in [3.63, 3.8) is 0 Å². The molecule has 5 rings (SSSR count). The van der Waals surface area contributed by atoms with Gasteiger partial charge in [0.1, 0.15) is 23.0 Å². The highest BCUT2D eigenvalue weighted by molar-refractivity contribution is 6.07. The number of rotatable bonds is 7. The van der Waals surface area contributed by atoms with Crippen LogP contribution in [0.1, 0.15) is 43.4 Å². The molecule has 39 heavy (non-hydrogen) atoms. The summed E-state index contributed by atoms with van der Waals surface area (Å²) in [5.41, 5.74) is 1.89. The number of urea groups is 1. The van der Waals surface area contributed by atoms with Gasteiger partial charge in [0.25, 0.3) is 5.91 Å². The van der Waals surface area contributed by atoms with Crippen LogP contribution >= 0.6 is 0 Å². The Kier molecular flexibility index (Phi) is 7.00. The fourth-order valence-corrected chi connectivity index (χ4v) is 5.66. The number of imide groups is 1. The van der Waals surface area contributed by atoms with Crippen molar-refractivity contribution in [3.8, 4) is 6.07 Å². The van der Waals surface area contributed by atoms with Crippen LogP contribution in [0.5, 0.6) is 0 Å². The van der Waals surface area contributed by atoms with Gasteiger partial charge in [-0.2, -0.15) is 5.26 Å². The number of benzene rings is 1. The van der Waals surface area contributed by atoms with E-state index < -0.39 is 17.2 Å². The van der Waals surface area contributed by atoms with Crippen molar-refractivity contribution in [3.05, 3.63) is 63.6 Å². The van der Waals surface area contributed by atoms with Crippen molar-refractivity contribution in [1.82, 2.24) is 15.2 Å². The second-order valence-corrected chi connectivity index (χ2v) is 10.1. The number of nitrogens with one attached hydrogen (secondary N) is 1. The highest BCUT2D eigenvalue weighted by Crippen LogP contribution is 2.32. The SMILES string of the molecule is CCN(CC)c1ccc2c(C)c(CCN3C(=O)NC4(CCN(c5ccc(C#N)cn5)CC4)C3=O)c(=O)oc2c1. The van der Waals surface area contributed by atoms with Crippen LogP contribution in [0.3, 0.4) is 0 Å². The second kappa shape index (κ2) is 10.4. The van der Waals surface area contributed by atoms with Gasteiger partial charge in [0, 0.05) is 61.6 Å². The van der Waals surface area contributed by atoms with Crippen molar-refractivity contribution in [2.45, 2.75) is 45.6 Å². The van der Waals surface area contributed by atoms with Gasteiger partial charge >= 0.3 is 11.7 Å². The minimum Gasteiger partial charge on any atom is -0.422 e. The van der Waals surface area contributed by atoms with Crippen LogP contribution in [0, 0.1) is 18.3 Å². The molecule has 0 saturated carbocycles. The van der Waals surface area contributed by atoms with E-state index in [4.69, 9.17) is 9.68 Å². The maximum Gasteiger partial charge on any atom is 0.339 e. The fraction of sp³-hybridized carbons (Fsp3) is 0.414. The zero-order chi connectivity index (χ0) is 27.7. The first kappa shape index (κ1) is 26.2. The van der Waals surface area contributed by atoms with E-state index in [9.17, 15) is 14.4 Å². The number of carbonyl (C=O) groups is 2. The maximum atomic E-state index is 13.4. The van der Waals surface area contributed by atoms with Gasteiger partial charge < -0.3 is 19.5 Å². The lowest BCUT2D eigenvalue weighted by molar-refractivity contribution is -0.132. The third-order valence-corrected chi connectivity index (χ3v) is 8.05. The lowest BCUT2D eigenvalue weighted by atomic mass is 9.87. The molecule has 2 saturated heterocycles. The monoisotopic (exact) mass is 528 g/mol. The van der Waals surface area contributed by atoms with Gasteiger partial charge in [-0.05, 0) is 69.9 Å². The van der Waals surface area contributed by atoms with Gasteiger partial charge in [0.05, 0.1) is 5.56 Å². The Morgan fingerprint density at radius 3 is 2.51 bits per heavy atom. The van der Waals surface area contributed by atoms with E-state index in [-0.39, 0.29) is 18.9 Å². The van der Waals surface area contributed by atoms with Crippen LogP contribution in [-0.2, 0) is 11.2 Å². The minimum absolute atomic E-state index is 0.0992. The van der Waals surface area contributed by atoms with Gasteiger partial charge in [0.2, 0.25) is 0 Å². The van der Waals surface area contributed by atoms with Gasteiger partial charge in [-0.3, -0.25) is 9.69 Å². The van der Waals surface area contributed by atoms with E-state index in [1.165, 1.54) is 11.1 Å². The maximum absolute atomic E-state index is 13.4. The fourth-order valence-electron chi connectivity index (χ4n) is 5.66. The summed E-state index contributed by atoms with van der Waals surface area (Å²) in [5, 5.41) is 12.8. The average Bonchev–Trinajstić information content (AvgIpc) is 3.17. The Bertz CT molecular complexity index is 1510. The summed E-state index contributed by atoms with van der Waals surface area (Å²) in [6.07, 6.45) is 2.64. The first-order valence-corrected chi connectivity index (χ1v) is 13.4. The minimum atomic E-state index is -0.954. The molecule has 3 aromatic rings. The van der Waals surface area contributed by atoms with Crippen LogP contribution < -0.4 is 20.7 Å². The molecule has 0 aliphatic carbocycles. The van der Waals surface area contributed by atoms with Crippen LogP contribution in [0.2, 0.25) is 0 Å². The van der Waals surface area contributed by atoms with E-state index in [1.807, 2.05) is 30.0 Å². The standard InChI is InChI=1S/C29H32N6O4/c1-4-33(5-2)21-7-8-22-19(3)23(26(36)39-24(22)16-21)10-13-35-27(37)29(32-28(35)38)11-14-34(15-12-29)25-9-6-20(17-30)18-31-25/h6-9,16,18H,4-5,10-15H2,1-3H3,(H,32,38). The quantitative estimate of drug-likeness (QED) is 0.366. The predicted molar refractivity (Wildman–Crippen MR) is 148 cm³/mol. The Morgan fingerprint density at radius 1 is 1.13 bits per heavy atom. The molecule has 4 heterocycles. The molecule has 10 heteroatoms. The molecule has 2 aliphatic rings. The summed E-state index contributed by atoms with van der Waals surface area (Å²) < 4.78 is 5.69. The molecular weight excluding hydrogens is 496 g/mol. The number of hydrogen-bond acceptors (Lipinski definition) is 8. The van der Waals surface area contributed by atoms with Gasteiger partial charge in [-0.15, -0.1) is 0 Å². The van der Waals surface area contributed by atoms with Crippen molar-refractivity contribution in [2.75, 3.05) is 42.5 Å². The molecule has 3 amide bonds. The Labute approximate surface area is 226 Å². The Hall–Kier alpha value is -4.39. The zero-order valence-corrected chi connectivity index (χ0v) is 22.5. The number of anilines is 2.